The first-order valence-electron chi connectivity index (χ1n) is 8.47. The molecule has 0 radical (unpaired) electrons. The molecule has 24 heavy (non-hydrogen) atoms. The van der Waals surface area contributed by atoms with Crippen molar-refractivity contribution in [2.45, 2.75) is 53.6 Å². The van der Waals surface area contributed by atoms with E-state index in [0.29, 0.717) is 18.6 Å². The van der Waals surface area contributed by atoms with E-state index in [1.165, 1.54) is 0 Å². The Bertz CT molecular complexity index is 498. The molecule has 0 aromatic heterocycles. The van der Waals surface area contributed by atoms with Crippen molar-refractivity contribution in [3.05, 3.63) is 47.1 Å². The average Bonchev–Trinajstić information content (AvgIpc) is 2.51. The molecular weight excluding hydrogens is 304 g/mol. The Morgan fingerprint density at radius 3 is 2.42 bits per heavy atom. The van der Waals surface area contributed by atoms with Crippen LogP contribution >= 0.6 is 0 Å². The molecule has 0 rings (SSSR count). The summed E-state index contributed by atoms with van der Waals surface area (Å²) in [7, 11) is 0. The van der Waals surface area contributed by atoms with Gasteiger partial charge in [-0.25, -0.2) is 4.79 Å². The summed E-state index contributed by atoms with van der Waals surface area (Å²) in [4.78, 5) is 11.6. The number of carbonyl (C=O) groups excluding carboxylic acids is 1. The van der Waals surface area contributed by atoms with E-state index < -0.39 is 6.10 Å². The number of rotatable bonds is 10. The van der Waals surface area contributed by atoms with Gasteiger partial charge in [0.05, 0.1) is 19.3 Å². The molecule has 0 heterocycles. The van der Waals surface area contributed by atoms with Crippen LogP contribution in [0.4, 0.5) is 0 Å². The number of ether oxygens (including phenoxy) is 1. The minimum atomic E-state index is -0.519. The zero-order chi connectivity index (χ0) is 18.5. The van der Waals surface area contributed by atoms with Gasteiger partial charge in [-0.2, -0.15) is 0 Å². The standard InChI is InChI=1S/C20H32O4/c1-6-24-20(23)18(5)14-16(3)8-10-19(22)9-7-15(2)13-17(4)11-12-21/h7,9,11,13-14,16,19,21-22H,6,8,10,12H2,1-5H3/b9-7+,15-13+,17-11+,18-14+/t16-,19?/m0/s1. The first-order valence-corrected chi connectivity index (χ1v) is 8.47. The number of allylic oxidation sites excluding steroid dienone is 5. The van der Waals surface area contributed by atoms with Crippen LogP contribution in [0.3, 0.4) is 0 Å². The van der Waals surface area contributed by atoms with Gasteiger partial charge < -0.3 is 14.9 Å². The predicted octanol–water partition coefficient (Wildman–Crippen LogP) is 3.71. The van der Waals surface area contributed by atoms with Gasteiger partial charge in [0.15, 0.2) is 0 Å². The maximum absolute atomic E-state index is 11.6. The number of carbonyl (C=O) groups is 1. The summed E-state index contributed by atoms with van der Waals surface area (Å²) in [5, 5.41) is 18.8. The molecule has 4 nitrogen and oxygen atoms in total. The van der Waals surface area contributed by atoms with Crippen molar-refractivity contribution in [3.63, 3.8) is 0 Å². The fourth-order valence-corrected chi connectivity index (χ4v) is 2.23. The highest BCUT2D eigenvalue weighted by molar-refractivity contribution is 5.87. The summed E-state index contributed by atoms with van der Waals surface area (Å²) in [5.74, 6) is -0.0827. The van der Waals surface area contributed by atoms with Crippen molar-refractivity contribution in [2.24, 2.45) is 5.92 Å². The van der Waals surface area contributed by atoms with Gasteiger partial charge in [0.2, 0.25) is 0 Å². The summed E-state index contributed by atoms with van der Waals surface area (Å²) in [5.41, 5.74) is 2.61. The Balaban J connectivity index is 4.41. The van der Waals surface area contributed by atoms with Gasteiger partial charge in [-0.3, -0.25) is 0 Å². The monoisotopic (exact) mass is 336 g/mol. The van der Waals surface area contributed by atoms with E-state index in [0.717, 1.165) is 17.6 Å². The van der Waals surface area contributed by atoms with Crippen LogP contribution in [0.1, 0.15) is 47.5 Å². The molecule has 0 aliphatic carbocycles. The van der Waals surface area contributed by atoms with Gasteiger partial charge >= 0.3 is 5.97 Å². The topological polar surface area (TPSA) is 66.8 Å². The summed E-state index contributed by atoms with van der Waals surface area (Å²) >= 11 is 0. The number of esters is 1. The Morgan fingerprint density at radius 1 is 1.17 bits per heavy atom. The second-order valence-electron chi connectivity index (χ2n) is 6.07. The Morgan fingerprint density at radius 2 is 1.83 bits per heavy atom. The van der Waals surface area contributed by atoms with Gasteiger partial charge in [-0.15, -0.1) is 0 Å². The van der Waals surface area contributed by atoms with Crippen molar-refractivity contribution in [3.8, 4) is 0 Å². The molecular formula is C20H32O4. The molecule has 0 aromatic rings. The van der Waals surface area contributed by atoms with E-state index >= 15 is 0 Å². The van der Waals surface area contributed by atoms with Gasteiger partial charge in [0.1, 0.15) is 0 Å². The molecule has 0 aliphatic rings. The van der Waals surface area contributed by atoms with E-state index in [1.54, 1.807) is 26.0 Å². The largest absolute Gasteiger partial charge is 0.463 e. The molecule has 0 amide bonds. The number of hydrogen-bond acceptors (Lipinski definition) is 4. The highest BCUT2D eigenvalue weighted by atomic mass is 16.5. The third-order valence-electron chi connectivity index (χ3n) is 3.50. The van der Waals surface area contributed by atoms with Crippen LogP contribution < -0.4 is 0 Å². The van der Waals surface area contributed by atoms with Gasteiger partial charge in [0, 0.05) is 5.57 Å². The Labute approximate surface area is 146 Å². The second-order valence-corrected chi connectivity index (χ2v) is 6.07. The SMILES string of the molecule is CCOC(=O)/C(C)=C/[C@@H](C)CCC(O)/C=C/C(C)=C/C(C)=C/CO. The third kappa shape index (κ3) is 11.0. The highest BCUT2D eigenvalue weighted by Crippen LogP contribution is 2.14. The van der Waals surface area contributed by atoms with Crippen molar-refractivity contribution >= 4 is 5.97 Å². The summed E-state index contributed by atoms with van der Waals surface area (Å²) < 4.78 is 4.95. The minimum Gasteiger partial charge on any atom is -0.463 e. The summed E-state index contributed by atoms with van der Waals surface area (Å²) in [6.07, 6.45) is 10.1. The van der Waals surface area contributed by atoms with Crippen LogP contribution in [0, 0.1) is 5.92 Å². The first-order chi connectivity index (χ1) is 11.3. The van der Waals surface area contributed by atoms with Gasteiger partial charge in [-0.1, -0.05) is 48.5 Å². The molecule has 136 valence electrons. The predicted molar refractivity (Wildman–Crippen MR) is 98.5 cm³/mol. The lowest BCUT2D eigenvalue weighted by Gasteiger charge is -2.10. The Kier molecular flexibility index (Phi) is 11.9. The molecule has 0 aliphatic heterocycles. The van der Waals surface area contributed by atoms with Gasteiger partial charge in [-0.05, 0) is 46.5 Å². The van der Waals surface area contributed by atoms with E-state index in [-0.39, 0.29) is 18.5 Å². The number of aliphatic hydroxyl groups excluding tert-OH is 2. The summed E-state index contributed by atoms with van der Waals surface area (Å²) in [6, 6.07) is 0. The van der Waals surface area contributed by atoms with Crippen molar-refractivity contribution in [1.82, 2.24) is 0 Å². The van der Waals surface area contributed by atoms with Crippen molar-refractivity contribution in [2.75, 3.05) is 13.2 Å². The molecule has 1 unspecified atom stereocenters. The lowest BCUT2D eigenvalue weighted by Crippen LogP contribution is -2.08. The maximum Gasteiger partial charge on any atom is 0.333 e. The van der Waals surface area contributed by atoms with Crippen LogP contribution in [-0.2, 0) is 9.53 Å². The normalized spacial score (nSPS) is 16.4. The lowest BCUT2D eigenvalue weighted by molar-refractivity contribution is -0.138. The van der Waals surface area contributed by atoms with Crippen molar-refractivity contribution in [1.29, 1.82) is 0 Å². The quantitative estimate of drug-likeness (QED) is 0.362. The number of aliphatic hydroxyl groups is 2. The zero-order valence-corrected chi connectivity index (χ0v) is 15.6. The van der Waals surface area contributed by atoms with Crippen LogP contribution in [0.2, 0.25) is 0 Å². The fourth-order valence-electron chi connectivity index (χ4n) is 2.23. The molecule has 0 bridgehead atoms. The molecule has 0 saturated carbocycles. The van der Waals surface area contributed by atoms with E-state index in [1.807, 2.05) is 39.0 Å². The third-order valence-corrected chi connectivity index (χ3v) is 3.50. The van der Waals surface area contributed by atoms with E-state index in [9.17, 15) is 9.90 Å². The second kappa shape index (κ2) is 12.7. The highest BCUT2D eigenvalue weighted by Gasteiger charge is 2.08. The average molecular weight is 336 g/mol. The van der Waals surface area contributed by atoms with Crippen LogP contribution in [0.15, 0.2) is 47.1 Å². The summed E-state index contributed by atoms with van der Waals surface area (Å²) in [6.45, 7) is 9.83. The van der Waals surface area contributed by atoms with Crippen LogP contribution in [0.25, 0.3) is 0 Å². The molecule has 0 fully saturated rings. The van der Waals surface area contributed by atoms with Gasteiger partial charge in [0.25, 0.3) is 0 Å². The molecule has 0 spiro atoms. The lowest BCUT2D eigenvalue weighted by atomic mass is 10.00. The zero-order valence-electron chi connectivity index (χ0n) is 15.6. The fraction of sp³-hybridized carbons (Fsp3) is 0.550. The van der Waals surface area contributed by atoms with E-state index in [4.69, 9.17) is 9.84 Å². The smallest absolute Gasteiger partial charge is 0.333 e. The molecule has 2 N–H and O–H groups in total. The molecule has 0 aromatic carbocycles. The van der Waals surface area contributed by atoms with E-state index in [2.05, 4.69) is 0 Å². The maximum atomic E-state index is 11.6. The van der Waals surface area contributed by atoms with Crippen molar-refractivity contribution < 1.29 is 19.7 Å². The molecule has 2 atom stereocenters. The number of hydrogen-bond donors (Lipinski definition) is 2. The van der Waals surface area contributed by atoms with Crippen LogP contribution in [-0.4, -0.2) is 35.5 Å². The first kappa shape index (κ1) is 22.4. The minimum absolute atomic E-state index is 0.0264. The molecule has 4 heteroatoms. The van der Waals surface area contributed by atoms with Crippen LogP contribution in [0.5, 0.6) is 0 Å². The Hall–Kier alpha value is -1.65. The molecule has 0 saturated heterocycles.